The van der Waals surface area contributed by atoms with Crippen molar-refractivity contribution in [3.63, 3.8) is 0 Å². The van der Waals surface area contributed by atoms with Crippen LogP contribution in [0.25, 0.3) is 11.0 Å². The van der Waals surface area contributed by atoms with E-state index in [-0.39, 0.29) is 11.9 Å². The lowest BCUT2D eigenvalue weighted by molar-refractivity contribution is 0.0940. The molecule has 1 N–H and O–H groups in total. The second-order valence-electron chi connectivity index (χ2n) is 6.68. The second kappa shape index (κ2) is 7.82. The van der Waals surface area contributed by atoms with E-state index in [0.29, 0.717) is 12.1 Å². The average molecular weight is 391 g/mol. The Morgan fingerprint density at radius 1 is 1.18 bits per heavy atom. The Hall–Kier alpha value is -3.18. The molecule has 28 heavy (non-hydrogen) atoms. The van der Waals surface area contributed by atoms with Gasteiger partial charge in [-0.05, 0) is 54.4 Å². The van der Waals surface area contributed by atoms with Crippen molar-refractivity contribution in [1.29, 1.82) is 0 Å². The number of fused-ring (bicyclic) bond motifs is 1. The molecule has 2 aromatic carbocycles. The van der Waals surface area contributed by atoms with Gasteiger partial charge in [0.25, 0.3) is 5.91 Å². The molecule has 1 amide bonds. The van der Waals surface area contributed by atoms with Crippen LogP contribution >= 0.6 is 11.6 Å². The number of imidazole rings is 1. The van der Waals surface area contributed by atoms with Crippen molar-refractivity contribution >= 4 is 28.5 Å². The Bertz CT molecular complexity index is 1110. The Balaban J connectivity index is 1.52. The maximum atomic E-state index is 12.6. The normalized spacial score (nSPS) is 12.1. The van der Waals surface area contributed by atoms with Crippen LogP contribution in [0, 0.1) is 0 Å². The first-order valence-electron chi connectivity index (χ1n) is 9.00. The molecule has 0 saturated carbocycles. The first kappa shape index (κ1) is 18.2. The minimum Gasteiger partial charge on any atom is -0.345 e. The topological polar surface area (TPSA) is 59.8 Å². The van der Waals surface area contributed by atoms with E-state index >= 15 is 0 Å². The molecule has 0 aliphatic heterocycles. The predicted octanol–water partition coefficient (Wildman–Crippen LogP) is 4.62. The molecule has 0 saturated heterocycles. The fourth-order valence-corrected chi connectivity index (χ4v) is 3.24. The zero-order valence-corrected chi connectivity index (χ0v) is 16.1. The summed E-state index contributed by atoms with van der Waals surface area (Å²) < 4.78 is 2.05. The molecule has 0 unspecified atom stereocenters. The van der Waals surface area contributed by atoms with E-state index in [0.717, 1.165) is 27.2 Å². The predicted molar refractivity (Wildman–Crippen MR) is 110 cm³/mol. The molecule has 4 aromatic rings. The fourth-order valence-electron chi connectivity index (χ4n) is 3.11. The van der Waals surface area contributed by atoms with Gasteiger partial charge in [-0.25, -0.2) is 4.98 Å². The molecule has 5 nitrogen and oxygen atoms in total. The first-order chi connectivity index (χ1) is 13.6. The summed E-state index contributed by atoms with van der Waals surface area (Å²) in [5.74, 6) is -0.134. The van der Waals surface area contributed by atoms with Crippen molar-refractivity contribution in [2.24, 2.45) is 0 Å². The molecular formula is C22H19ClN4O. The first-order valence-corrected chi connectivity index (χ1v) is 9.38. The number of hydrogen-bond donors (Lipinski definition) is 1. The molecule has 0 bridgehead atoms. The monoisotopic (exact) mass is 390 g/mol. The highest BCUT2D eigenvalue weighted by Gasteiger charge is 2.13. The highest BCUT2D eigenvalue weighted by atomic mass is 35.5. The molecule has 6 heteroatoms. The van der Waals surface area contributed by atoms with Crippen LogP contribution in [0.5, 0.6) is 0 Å². The Kier molecular flexibility index (Phi) is 5.08. The summed E-state index contributed by atoms with van der Waals surface area (Å²) in [6, 6.07) is 17.0. The summed E-state index contributed by atoms with van der Waals surface area (Å²) in [6.45, 7) is 2.63. The quantitative estimate of drug-likeness (QED) is 0.540. The van der Waals surface area contributed by atoms with Gasteiger partial charge in [-0.15, -0.1) is 0 Å². The number of pyridine rings is 1. The van der Waals surface area contributed by atoms with Crippen molar-refractivity contribution in [2.45, 2.75) is 19.5 Å². The molecule has 0 aliphatic carbocycles. The minimum absolute atomic E-state index is 0.126. The zero-order chi connectivity index (χ0) is 19.5. The van der Waals surface area contributed by atoms with Crippen LogP contribution in [0.15, 0.2) is 73.3 Å². The Morgan fingerprint density at radius 3 is 2.75 bits per heavy atom. The summed E-state index contributed by atoms with van der Waals surface area (Å²) in [7, 11) is 0. The lowest BCUT2D eigenvalue weighted by Crippen LogP contribution is -2.26. The molecule has 0 aliphatic rings. The van der Waals surface area contributed by atoms with Crippen molar-refractivity contribution < 1.29 is 4.79 Å². The molecule has 0 spiro atoms. The van der Waals surface area contributed by atoms with E-state index in [9.17, 15) is 4.79 Å². The number of nitrogens with zero attached hydrogens (tertiary/aromatic N) is 3. The van der Waals surface area contributed by atoms with Crippen LogP contribution in [-0.4, -0.2) is 20.4 Å². The maximum Gasteiger partial charge on any atom is 0.251 e. The number of nitrogens with one attached hydrogen (secondary N) is 1. The van der Waals surface area contributed by atoms with Gasteiger partial charge in [0.15, 0.2) is 0 Å². The van der Waals surface area contributed by atoms with Crippen LogP contribution < -0.4 is 5.32 Å². The molecule has 2 heterocycles. The Labute approximate surface area is 168 Å². The molecule has 2 aromatic heterocycles. The molecule has 0 radical (unpaired) electrons. The van der Waals surface area contributed by atoms with Crippen molar-refractivity contribution in [2.75, 3.05) is 0 Å². The number of aromatic nitrogens is 3. The second-order valence-corrected chi connectivity index (χ2v) is 7.12. The van der Waals surface area contributed by atoms with Crippen LogP contribution in [-0.2, 0) is 6.54 Å². The average Bonchev–Trinajstić information content (AvgIpc) is 3.12. The smallest absolute Gasteiger partial charge is 0.251 e. The molecular weight excluding hydrogens is 372 g/mol. The van der Waals surface area contributed by atoms with Gasteiger partial charge >= 0.3 is 0 Å². The van der Waals surface area contributed by atoms with Gasteiger partial charge in [-0.3, -0.25) is 9.78 Å². The highest BCUT2D eigenvalue weighted by molar-refractivity contribution is 6.30. The van der Waals surface area contributed by atoms with Gasteiger partial charge in [0.05, 0.1) is 23.4 Å². The number of benzene rings is 2. The summed E-state index contributed by atoms with van der Waals surface area (Å²) in [6.07, 6.45) is 5.26. The van der Waals surface area contributed by atoms with E-state index < -0.39 is 0 Å². The lowest BCUT2D eigenvalue weighted by atomic mass is 10.1. The number of amides is 1. The largest absolute Gasteiger partial charge is 0.345 e. The third-order valence-corrected chi connectivity index (χ3v) is 4.93. The van der Waals surface area contributed by atoms with Gasteiger partial charge in [0.2, 0.25) is 0 Å². The number of carbonyl (C=O) groups excluding carboxylic acids is 1. The summed E-state index contributed by atoms with van der Waals surface area (Å²) in [4.78, 5) is 21.2. The van der Waals surface area contributed by atoms with Gasteiger partial charge in [-0.2, -0.15) is 0 Å². The molecule has 0 fully saturated rings. The third-order valence-electron chi connectivity index (χ3n) is 4.68. The number of rotatable bonds is 5. The van der Waals surface area contributed by atoms with Crippen LogP contribution in [0.3, 0.4) is 0 Å². The molecule has 4 rings (SSSR count). The molecule has 140 valence electrons. The summed E-state index contributed by atoms with van der Waals surface area (Å²) in [5, 5.41) is 3.72. The van der Waals surface area contributed by atoms with E-state index in [2.05, 4.69) is 19.9 Å². The molecule has 1 atom stereocenters. The number of hydrogen-bond acceptors (Lipinski definition) is 3. The fraction of sp³-hybridized carbons (Fsp3) is 0.136. The van der Waals surface area contributed by atoms with Gasteiger partial charge in [-0.1, -0.05) is 29.8 Å². The van der Waals surface area contributed by atoms with E-state index in [1.165, 1.54) is 0 Å². The van der Waals surface area contributed by atoms with Gasteiger partial charge in [0, 0.05) is 29.5 Å². The van der Waals surface area contributed by atoms with E-state index in [4.69, 9.17) is 11.6 Å². The van der Waals surface area contributed by atoms with Crippen LogP contribution in [0.2, 0.25) is 5.02 Å². The van der Waals surface area contributed by atoms with Crippen molar-refractivity contribution in [3.8, 4) is 0 Å². The summed E-state index contributed by atoms with van der Waals surface area (Å²) >= 11 is 5.95. The van der Waals surface area contributed by atoms with Crippen molar-refractivity contribution in [1.82, 2.24) is 19.9 Å². The van der Waals surface area contributed by atoms with Crippen LogP contribution in [0.1, 0.15) is 34.5 Å². The third kappa shape index (κ3) is 3.89. The number of carbonyl (C=O) groups is 1. The lowest BCUT2D eigenvalue weighted by Gasteiger charge is -2.14. The zero-order valence-electron chi connectivity index (χ0n) is 15.3. The SMILES string of the molecule is C[C@@H](NC(=O)c1ccc2c(c1)ncn2Cc1ccc(Cl)cc1)c1cccnc1. The Morgan fingerprint density at radius 2 is 2.00 bits per heavy atom. The van der Waals surface area contributed by atoms with Gasteiger partial charge < -0.3 is 9.88 Å². The van der Waals surface area contributed by atoms with E-state index in [1.807, 2.05) is 61.5 Å². The number of halogens is 1. The minimum atomic E-state index is -0.134. The maximum absolute atomic E-state index is 12.6. The summed E-state index contributed by atoms with van der Waals surface area (Å²) in [5.41, 5.74) is 4.45. The van der Waals surface area contributed by atoms with Crippen molar-refractivity contribution in [3.05, 3.63) is 95.0 Å². The highest BCUT2D eigenvalue weighted by Crippen LogP contribution is 2.19. The van der Waals surface area contributed by atoms with Gasteiger partial charge in [0.1, 0.15) is 0 Å². The standard InChI is InChI=1S/C22H19ClN4O/c1-15(18-3-2-10-24-12-18)26-22(28)17-6-9-21-20(11-17)25-14-27(21)13-16-4-7-19(23)8-5-16/h2-12,14-15H,13H2,1H3,(H,26,28)/t15-/m1/s1. The van der Waals surface area contributed by atoms with Crippen LogP contribution in [0.4, 0.5) is 0 Å². The van der Waals surface area contributed by atoms with E-state index in [1.54, 1.807) is 18.7 Å².